The lowest BCUT2D eigenvalue weighted by atomic mass is 9.80. The first kappa shape index (κ1) is 21.0. The van der Waals surface area contributed by atoms with Crippen LogP contribution in [0.5, 0.6) is 0 Å². The molecule has 7 nitrogen and oxygen atoms in total. The lowest BCUT2D eigenvalue weighted by molar-refractivity contribution is 0.253. The molecule has 0 spiro atoms. The fourth-order valence-corrected chi connectivity index (χ4v) is 4.70. The van der Waals surface area contributed by atoms with Crippen molar-refractivity contribution in [2.75, 3.05) is 19.7 Å². The second-order valence-corrected chi connectivity index (χ2v) is 9.50. The van der Waals surface area contributed by atoms with Gasteiger partial charge in [0.25, 0.3) is 0 Å². The van der Waals surface area contributed by atoms with Gasteiger partial charge in [-0.25, -0.2) is 4.98 Å². The van der Waals surface area contributed by atoms with Crippen LogP contribution in [0, 0.1) is 0 Å². The number of hydrogen-bond acceptors (Lipinski definition) is 6. The van der Waals surface area contributed by atoms with Gasteiger partial charge in [0.1, 0.15) is 5.69 Å². The number of rotatable bonds is 6. The van der Waals surface area contributed by atoms with Crippen LogP contribution in [0.4, 0.5) is 0 Å². The SMILES string of the molecule is CC(C)(CCO)c1cccc2ccc(-c3nnc4ccc(CN5CCC(N)C5)cn34)nc12. The van der Waals surface area contributed by atoms with Crippen LogP contribution in [0.25, 0.3) is 28.1 Å². The molecular weight excluding hydrogens is 400 g/mol. The molecule has 4 aromatic rings. The van der Waals surface area contributed by atoms with Gasteiger partial charge in [0.05, 0.1) is 5.52 Å². The van der Waals surface area contributed by atoms with Crippen LogP contribution in [0.1, 0.15) is 37.8 Å². The summed E-state index contributed by atoms with van der Waals surface area (Å²) in [6, 6.07) is 14.7. The van der Waals surface area contributed by atoms with Crippen molar-refractivity contribution in [1.29, 1.82) is 0 Å². The van der Waals surface area contributed by atoms with Crippen molar-refractivity contribution in [1.82, 2.24) is 24.5 Å². The zero-order chi connectivity index (χ0) is 22.3. The third-order valence-corrected chi connectivity index (χ3v) is 6.59. The first-order valence-corrected chi connectivity index (χ1v) is 11.3. The third kappa shape index (κ3) is 3.88. The Morgan fingerprint density at radius 2 is 2.00 bits per heavy atom. The largest absolute Gasteiger partial charge is 0.396 e. The Labute approximate surface area is 187 Å². The van der Waals surface area contributed by atoms with E-state index in [-0.39, 0.29) is 18.1 Å². The van der Waals surface area contributed by atoms with Gasteiger partial charge in [-0.2, -0.15) is 0 Å². The number of benzene rings is 1. The van der Waals surface area contributed by atoms with Crippen LogP contribution in [0.2, 0.25) is 0 Å². The van der Waals surface area contributed by atoms with E-state index in [4.69, 9.17) is 10.7 Å². The molecule has 0 aliphatic carbocycles. The normalized spacial score (nSPS) is 17.6. The minimum Gasteiger partial charge on any atom is -0.396 e. The van der Waals surface area contributed by atoms with E-state index in [9.17, 15) is 5.11 Å². The highest BCUT2D eigenvalue weighted by molar-refractivity contribution is 5.85. The highest BCUT2D eigenvalue weighted by Crippen LogP contribution is 2.33. The van der Waals surface area contributed by atoms with Crippen molar-refractivity contribution in [2.24, 2.45) is 5.73 Å². The summed E-state index contributed by atoms with van der Waals surface area (Å²) in [5.74, 6) is 0.733. The molecule has 166 valence electrons. The number of pyridine rings is 2. The standard InChI is InChI=1S/C25H30N6O/c1-25(2,11-13-32)20-5-3-4-18-7-8-21(27-23(18)20)24-29-28-22-9-6-17(15-31(22)24)14-30-12-10-19(26)16-30/h3-9,15,19,32H,10-14,16,26H2,1-2H3. The van der Waals surface area contributed by atoms with Crippen LogP contribution in [-0.2, 0) is 12.0 Å². The molecule has 1 aromatic carbocycles. The predicted molar refractivity (Wildman–Crippen MR) is 126 cm³/mol. The van der Waals surface area contributed by atoms with Crippen LogP contribution in [-0.4, -0.2) is 55.3 Å². The second kappa shape index (κ2) is 8.24. The van der Waals surface area contributed by atoms with Gasteiger partial charge in [-0.1, -0.05) is 44.2 Å². The number of fused-ring (bicyclic) bond motifs is 2. The molecule has 0 saturated carbocycles. The van der Waals surface area contributed by atoms with Crippen LogP contribution >= 0.6 is 0 Å². The molecule has 1 aliphatic heterocycles. The van der Waals surface area contributed by atoms with E-state index < -0.39 is 0 Å². The van der Waals surface area contributed by atoms with E-state index in [0.717, 1.165) is 59.7 Å². The smallest absolute Gasteiger partial charge is 0.187 e. The summed E-state index contributed by atoms with van der Waals surface area (Å²) in [5, 5.41) is 19.5. The molecule has 5 rings (SSSR count). The maximum Gasteiger partial charge on any atom is 0.187 e. The average molecular weight is 431 g/mol. The first-order chi connectivity index (χ1) is 15.4. The van der Waals surface area contributed by atoms with Gasteiger partial charge < -0.3 is 10.8 Å². The Morgan fingerprint density at radius 3 is 2.78 bits per heavy atom. The number of likely N-dealkylation sites (tertiary alicyclic amines) is 1. The number of nitrogens with two attached hydrogens (primary N) is 1. The monoisotopic (exact) mass is 430 g/mol. The van der Waals surface area contributed by atoms with Gasteiger partial charge in [0.2, 0.25) is 0 Å². The molecule has 4 heterocycles. The number of aliphatic hydroxyl groups is 1. The molecule has 0 amide bonds. The molecule has 0 bridgehead atoms. The highest BCUT2D eigenvalue weighted by atomic mass is 16.3. The Bertz CT molecular complexity index is 1260. The predicted octanol–water partition coefficient (Wildman–Crippen LogP) is 3.14. The Kier molecular flexibility index (Phi) is 5.41. The molecule has 32 heavy (non-hydrogen) atoms. The molecule has 1 fully saturated rings. The van der Waals surface area contributed by atoms with Gasteiger partial charge in [-0.3, -0.25) is 9.30 Å². The quantitative estimate of drug-likeness (QED) is 0.488. The first-order valence-electron chi connectivity index (χ1n) is 11.3. The zero-order valence-corrected chi connectivity index (χ0v) is 18.7. The average Bonchev–Trinajstić information content (AvgIpc) is 3.38. The summed E-state index contributed by atoms with van der Waals surface area (Å²) in [7, 11) is 0. The molecule has 7 heteroatoms. The van der Waals surface area contributed by atoms with Crippen LogP contribution in [0.15, 0.2) is 48.7 Å². The summed E-state index contributed by atoms with van der Waals surface area (Å²) in [5.41, 5.74) is 10.8. The van der Waals surface area contributed by atoms with E-state index in [2.05, 4.69) is 65.5 Å². The van der Waals surface area contributed by atoms with Crippen LogP contribution in [0.3, 0.4) is 0 Å². The van der Waals surface area contributed by atoms with E-state index in [1.54, 1.807) is 0 Å². The Balaban J connectivity index is 1.56. The fraction of sp³-hybridized carbons (Fsp3) is 0.400. The molecule has 3 N–H and O–H groups in total. The van der Waals surface area contributed by atoms with E-state index in [1.165, 1.54) is 5.56 Å². The number of para-hydroxylation sites is 1. The minimum atomic E-state index is -0.184. The summed E-state index contributed by atoms with van der Waals surface area (Å²) in [6.07, 6.45) is 3.84. The summed E-state index contributed by atoms with van der Waals surface area (Å²) >= 11 is 0. The number of aromatic nitrogens is 4. The summed E-state index contributed by atoms with van der Waals surface area (Å²) < 4.78 is 2.03. The van der Waals surface area contributed by atoms with Crippen molar-refractivity contribution >= 4 is 16.6 Å². The van der Waals surface area contributed by atoms with Crippen molar-refractivity contribution in [3.05, 3.63) is 59.8 Å². The molecule has 1 saturated heterocycles. The van der Waals surface area contributed by atoms with Crippen molar-refractivity contribution in [3.63, 3.8) is 0 Å². The van der Waals surface area contributed by atoms with Gasteiger partial charge in [-0.15, -0.1) is 10.2 Å². The fourth-order valence-electron chi connectivity index (χ4n) is 4.70. The molecule has 1 unspecified atom stereocenters. The van der Waals surface area contributed by atoms with E-state index >= 15 is 0 Å². The Morgan fingerprint density at radius 1 is 1.12 bits per heavy atom. The maximum absolute atomic E-state index is 9.55. The van der Waals surface area contributed by atoms with Gasteiger partial charge in [0, 0.05) is 43.9 Å². The maximum atomic E-state index is 9.55. The topological polar surface area (TPSA) is 92.6 Å². The van der Waals surface area contributed by atoms with E-state index in [1.807, 2.05) is 16.5 Å². The number of nitrogens with zero attached hydrogens (tertiary/aromatic N) is 5. The van der Waals surface area contributed by atoms with Crippen molar-refractivity contribution in [3.8, 4) is 11.5 Å². The molecule has 1 aliphatic rings. The Hall–Kier alpha value is -2.87. The molecule has 1 atom stereocenters. The lowest BCUT2D eigenvalue weighted by Crippen LogP contribution is -2.26. The lowest BCUT2D eigenvalue weighted by Gasteiger charge is -2.25. The zero-order valence-electron chi connectivity index (χ0n) is 18.7. The summed E-state index contributed by atoms with van der Waals surface area (Å²) in [4.78, 5) is 7.42. The molecular formula is C25H30N6O. The summed E-state index contributed by atoms with van der Waals surface area (Å²) in [6.45, 7) is 7.28. The highest BCUT2D eigenvalue weighted by Gasteiger charge is 2.24. The molecule has 3 aromatic heterocycles. The second-order valence-electron chi connectivity index (χ2n) is 9.50. The molecule has 0 radical (unpaired) electrons. The van der Waals surface area contributed by atoms with Crippen molar-refractivity contribution < 1.29 is 5.11 Å². The van der Waals surface area contributed by atoms with Gasteiger partial charge in [-0.05, 0) is 41.5 Å². The van der Waals surface area contributed by atoms with Crippen LogP contribution < -0.4 is 5.73 Å². The van der Waals surface area contributed by atoms with Gasteiger partial charge in [0.15, 0.2) is 11.5 Å². The number of aliphatic hydroxyl groups excluding tert-OH is 1. The van der Waals surface area contributed by atoms with Gasteiger partial charge >= 0.3 is 0 Å². The van der Waals surface area contributed by atoms with Crippen molar-refractivity contribution in [2.45, 2.75) is 44.7 Å². The number of hydrogen-bond donors (Lipinski definition) is 2. The van der Waals surface area contributed by atoms with E-state index in [0.29, 0.717) is 6.42 Å². The third-order valence-electron chi connectivity index (χ3n) is 6.59. The minimum absolute atomic E-state index is 0.141.